The molecule has 2 rings (SSSR count). The maximum absolute atomic E-state index is 11.7. The number of amides is 1. The molecule has 2 N–H and O–H groups in total. The fourth-order valence-corrected chi connectivity index (χ4v) is 1.91. The average Bonchev–Trinajstić information content (AvgIpc) is 2.55. The third-order valence-corrected chi connectivity index (χ3v) is 3.09. The number of hydrogen-bond acceptors (Lipinski definition) is 4. The van der Waals surface area contributed by atoms with Crippen LogP contribution in [0, 0.1) is 0 Å². The summed E-state index contributed by atoms with van der Waals surface area (Å²) in [6, 6.07) is 14.6. The summed E-state index contributed by atoms with van der Waals surface area (Å²) in [5.41, 5.74) is 4.32. The number of nitrogens with zero attached hydrogens (tertiary/aromatic N) is 1. The number of benzene rings is 2. The van der Waals surface area contributed by atoms with E-state index in [0.29, 0.717) is 18.6 Å². The monoisotopic (exact) mass is 298 g/mol. The third kappa shape index (κ3) is 4.63. The Kier molecular flexibility index (Phi) is 5.54. The third-order valence-electron chi connectivity index (χ3n) is 3.09. The summed E-state index contributed by atoms with van der Waals surface area (Å²) in [7, 11) is 1.47. The maximum atomic E-state index is 11.7. The summed E-state index contributed by atoms with van der Waals surface area (Å²) in [5.74, 6) is 0.275. The van der Waals surface area contributed by atoms with E-state index in [0.717, 1.165) is 11.1 Å². The van der Waals surface area contributed by atoms with Gasteiger partial charge >= 0.3 is 0 Å². The number of aryl methyl sites for hydroxylation is 1. The fourth-order valence-electron chi connectivity index (χ4n) is 1.91. The molecule has 114 valence electrons. The first-order valence-electron chi connectivity index (χ1n) is 6.92. The van der Waals surface area contributed by atoms with Gasteiger partial charge in [-0.2, -0.15) is 5.10 Å². The number of hydrogen-bond donors (Lipinski definition) is 2. The van der Waals surface area contributed by atoms with Gasteiger partial charge in [0.2, 0.25) is 5.91 Å². The summed E-state index contributed by atoms with van der Waals surface area (Å²) in [6.07, 6.45) is 2.55. The van der Waals surface area contributed by atoms with Crippen LogP contribution in [0.15, 0.2) is 53.6 Å². The summed E-state index contributed by atoms with van der Waals surface area (Å²) in [5, 5.41) is 13.4. The Hall–Kier alpha value is -2.82. The molecular formula is C17H18N2O3. The highest BCUT2D eigenvalue weighted by atomic mass is 16.5. The van der Waals surface area contributed by atoms with Crippen molar-refractivity contribution in [2.45, 2.75) is 12.8 Å². The molecule has 5 nitrogen and oxygen atoms in total. The molecule has 5 heteroatoms. The summed E-state index contributed by atoms with van der Waals surface area (Å²) >= 11 is 0. The van der Waals surface area contributed by atoms with Crippen LogP contribution in [-0.2, 0) is 11.2 Å². The van der Waals surface area contributed by atoms with Crippen molar-refractivity contribution in [3.8, 4) is 11.5 Å². The highest BCUT2D eigenvalue weighted by Gasteiger charge is 2.02. The molecule has 1 amide bonds. The quantitative estimate of drug-likeness (QED) is 0.636. The predicted octanol–water partition coefficient (Wildman–Crippen LogP) is 2.48. The Bertz CT molecular complexity index is 654. The number of aromatic hydroxyl groups is 1. The minimum Gasteiger partial charge on any atom is -0.504 e. The first kappa shape index (κ1) is 15.6. The molecule has 0 heterocycles. The number of methoxy groups -OCH3 is 1. The van der Waals surface area contributed by atoms with Crippen LogP contribution in [0.3, 0.4) is 0 Å². The smallest absolute Gasteiger partial charge is 0.240 e. The fraction of sp³-hybridized carbons (Fsp3) is 0.176. The van der Waals surface area contributed by atoms with Gasteiger partial charge in [-0.3, -0.25) is 4.79 Å². The minimum absolute atomic E-state index is 0.0616. The number of carbonyl (C=O) groups excluding carboxylic acids is 1. The summed E-state index contributed by atoms with van der Waals surface area (Å²) in [4.78, 5) is 11.7. The van der Waals surface area contributed by atoms with Crippen molar-refractivity contribution in [3.63, 3.8) is 0 Å². The van der Waals surface area contributed by atoms with Gasteiger partial charge in [0.15, 0.2) is 11.5 Å². The van der Waals surface area contributed by atoms with Crippen LogP contribution in [0.5, 0.6) is 11.5 Å². The van der Waals surface area contributed by atoms with Crippen LogP contribution in [0.1, 0.15) is 17.5 Å². The Balaban J connectivity index is 1.83. The van der Waals surface area contributed by atoms with E-state index in [4.69, 9.17) is 4.74 Å². The standard InChI is InChI=1S/C17H18N2O3/c1-22-16-11-14(7-9-15(16)20)12-18-19-17(21)10-8-13-5-3-2-4-6-13/h2-7,9,11-12,20H,8,10H2,1H3,(H,19,21)/b18-12+. The molecule has 0 saturated heterocycles. The van der Waals surface area contributed by atoms with E-state index in [1.807, 2.05) is 30.3 Å². The number of hydrazone groups is 1. The maximum Gasteiger partial charge on any atom is 0.240 e. The van der Waals surface area contributed by atoms with E-state index < -0.39 is 0 Å². The molecule has 0 aliphatic carbocycles. The predicted molar refractivity (Wildman–Crippen MR) is 85.2 cm³/mol. The highest BCUT2D eigenvalue weighted by Crippen LogP contribution is 2.25. The van der Waals surface area contributed by atoms with Crippen molar-refractivity contribution in [2.75, 3.05) is 7.11 Å². The summed E-state index contributed by atoms with van der Waals surface area (Å²) in [6.45, 7) is 0. The van der Waals surface area contributed by atoms with Gasteiger partial charge in [-0.15, -0.1) is 0 Å². The first-order chi connectivity index (χ1) is 10.7. The van der Waals surface area contributed by atoms with Crippen LogP contribution in [0.2, 0.25) is 0 Å². The molecule has 2 aromatic rings. The molecule has 0 atom stereocenters. The van der Waals surface area contributed by atoms with Crippen molar-refractivity contribution in [3.05, 3.63) is 59.7 Å². The topological polar surface area (TPSA) is 70.9 Å². The molecule has 0 aliphatic heterocycles. The number of phenolic OH excluding ortho intramolecular Hbond substituents is 1. The summed E-state index contributed by atoms with van der Waals surface area (Å²) < 4.78 is 5.00. The Labute approximate surface area is 129 Å². The number of phenols is 1. The van der Waals surface area contributed by atoms with E-state index in [1.54, 1.807) is 12.1 Å². The second-order valence-electron chi connectivity index (χ2n) is 4.71. The minimum atomic E-state index is -0.147. The van der Waals surface area contributed by atoms with Crippen LogP contribution in [-0.4, -0.2) is 24.3 Å². The lowest BCUT2D eigenvalue weighted by molar-refractivity contribution is -0.121. The number of rotatable bonds is 6. The van der Waals surface area contributed by atoms with Crippen molar-refractivity contribution >= 4 is 12.1 Å². The van der Waals surface area contributed by atoms with Crippen molar-refractivity contribution in [1.29, 1.82) is 0 Å². The van der Waals surface area contributed by atoms with Gasteiger partial charge in [-0.25, -0.2) is 5.43 Å². The molecule has 0 radical (unpaired) electrons. The molecular weight excluding hydrogens is 280 g/mol. The van der Waals surface area contributed by atoms with Gasteiger partial charge < -0.3 is 9.84 Å². The normalized spacial score (nSPS) is 10.6. The van der Waals surface area contributed by atoms with Gasteiger partial charge in [0.05, 0.1) is 13.3 Å². The molecule has 0 aromatic heterocycles. The lowest BCUT2D eigenvalue weighted by Crippen LogP contribution is -2.17. The van der Waals surface area contributed by atoms with Crippen LogP contribution < -0.4 is 10.2 Å². The molecule has 0 saturated carbocycles. The van der Waals surface area contributed by atoms with Crippen molar-refractivity contribution in [1.82, 2.24) is 5.43 Å². The SMILES string of the molecule is COc1cc(/C=N/NC(=O)CCc2ccccc2)ccc1O. The zero-order chi connectivity index (χ0) is 15.8. The van der Waals surface area contributed by atoms with Gasteiger partial charge in [0.25, 0.3) is 0 Å². The van der Waals surface area contributed by atoms with Crippen LogP contribution in [0.4, 0.5) is 0 Å². The molecule has 2 aromatic carbocycles. The lowest BCUT2D eigenvalue weighted by atomic mass is 10.1. The van der Waals surface area contributed by atoms with Gasteiger partial charge in [0.1, 0.15) is 0 Å². The molecule has 22 heavy (non-hydrogen) atoms. The van der Waals surface area contributed by atoms with Crippen LogP contribution in [0.25, 0.3) is 0 Å². The van der Waals surface area contributed by atoms with E-state index in [1.165, 1.54) is 19.4 Å². The molecule has 0 unspecified atom stereocenters. The Morgan fingerprint density at radius 2 is 2.05 bits per heavy atom. The van der Waals surface area contributed by atoms with E-state index >= 15 is 0 Å². The Morgan fingerprint density at radius 1 is 1.27 bits per heavy atom. The van der Waals surface area contributed by atoms with Gasteiger partial charge in [-0.05, 0) is 35.7 Å². The highest BCUT2D eigenvalue weighted by molar-refractivity contribution is 5.83. The number of ether oxygens (including phenoxy) is 1. The second-order valence-corrected chi connectivity index (χ2v) is 4.71. The largest absolute Gasteiger partial charge is 0.504 e. The zero-order valence-electron chi connectivity index (χ0n) is 12.3. The Morgan fingerprint density at radius 3 is 2.77 bits per heavy atom. The van der Waals surface area contributed by atoms with E-state index in [9.17, 15) is 9.90 Å². The lowest BCUT2D eigenvalue weighted by Gasteiger charge is -2.03. The zero-order valence-corrected chi connectivity index (χ0v) is 12.3. The van der Waals surface area contributed by atoms with E-state index in [2.05, 4.69) is 10.5 Å². The molecule has 0 spiro atoms. The molecule has 0 aliphatic rings. The van der Waals surface area contributed by atoms with Crippen molar-refractivity contribution in [2.24, 2.45) is 5.10 Å². The number of carbonyl (C=O) groups is 1. The first-order valence-corrected chi connectivity index (χ1v) is 6.92. The second kappa shape index (κ2) is 7.83. The van der Waals surface area contributed by atoms with Crippen molar-refractivity contribution < 1.29 is 14.6 Å². The van der Waals surface area contributed by atoms with Gasteiger partial charge in [-0.1, -0.05) is 30.3 Å². The molecule has 0 bridgehead atoms. The number of nitrogens with one attached hydrogen (secondary N) is 1. The molecule has 0 fully saturated rings. The van der Waals surface area contributed by atoms with E-state index in [-0.39, 0.29) is 11.7 Å². The van der Waals surface area contributed by atoms with Gasteiger partial charge in [0, 0.05) is 6.42 Å². The average molecular weight is 298 g/mol. The van der Waals surface area contributed by atoms with Crippen LogP contribution >= 0.6 is 0 Å².